The Labute approximate surface area is 135 Å². The van der Waals surface area contributed by atoms with Crippen molar-refractivity contribution in [2.75, 3.05) is 25.0 Å². The lowest BCUT2D eigenvalue weighted by molar-refractivity contribution is -0.118. The van der Waals surface area contributed by atoms with Crippen molar-refractivity contribution in [2.45, 2.75) is 38.9 Å². The van der Waals surface area contributed by atoms with E-state index in [1.807, 2.05) is 0 Å². The molecule has 1 N–H and O–H groups in total. The standard InChI is InChI=1S/C16H21N3O4/c1-3-11-7-19(8-12(4-2)23-11)16(21)10-5-13-15(17-6-10)22-9-14(20)18-13/h5-6,11-12H,3-4,7-9H2,1-2H3,(H,18,20). The van der Waals surface area contributed by atoms with E-state index in [4.69, 9.17) is 9.47 Å². The van der Waals surface area contributed by atoms with Crippen LogP contribution < -0.4 is 10.1 Å². The first-order valence-corrected chi connectivity index (χ1v) is 7.98. The summed E-state index contributed by atoms with van der Waals surface area (Å²) in [4.78, 5) is 30.1. The third-order valence-electron chi connectivity index (χ3n) is 4.14. The molecule has 2 amide bonds. The average molecular weight is 319 g/mol. The van der Waals surface area contributed by atoms with Crippen molar-refractivity contribution in [3.63, 3.8) is 0 Å². The van der Waals surface area contributed by atoms with Gasteiger partial charge in [-0.2, -0.15) is 0 Å². The highest BCUT2D eigenvalue weighted by molar-refractivity contribution is 5.99. The molecule has 0 spiro atoms. The molecule has 0 bridgehead atoms. The molecule has 3 heterocycles. The largest absolute Gasteiger partial charge is 0.466 e. The molecule has 7 nitrogen and oxygen atoms in total. The minimum Gasteiger partial charge on any atom is -0.466 e. The van der Waals surface area contributed by atoms with Gasteiger partial charge in [-0.3, -0.25) is 9.59 Å². The zero-order valence-electron chi connectivity index (χ0n) is 13.4. The maximum absolute atomic E-state index is 12.8. The van der Waals surface area contributed by atoms with Crippen LogP contribution in [0, 0.1) is 0 Å². The molecule has 1 aromatic heterocycles. The predicted molar refractivity (Wildman–Crippen MR) is 83.5 cm³/mol. The lowest BCUT2D eigenvalue weighted by Crippen LogP contribution is -2.49. The van der Waals surface area contributed by atoms with Gasteiger partial charge in [0, 0.05) is 19.3 Å². The Morgan fingerprint density at radius 1 is 1.35 bits per heavy atom. The maximum atomic E-state index is 12.8. The number of pyridine rings is 1. The molecule has 2 atom stereocenters. The Kier molecular flexibility index (Phi) is 4.47. The summed E-state index contributed by atoms with van der Waals surface area (Å²) in [5.74, 6) is 0.00804. The molecule has 2 aliphatic heterocycles. The van der Waals surface area contributed by atoms with Crippen LogP contribution in [0.15, 0.2) is 12.3 Å². The van der Waals surface area contributed by atoms with E-state index < -0.39 is 0 Å². The Balaban J connectivity index is 1.79. The number of nitrogens with one attached hydrogen (secondary N) is 1. The molecule has 124 valence electrons. The van der Waals surface area contributed by atoms with Crippen LogP contribution in [0.2, 0.25) is 0 Å². The number of carbonyl (C=O) groups is 2. The number of hydrogen-bond donors (Lipinski definition) is 1. The minimum absolute atomic E-state index is 0.0485. The summed E-state index contributed by atoms with van der Waals surface area (Å²) in [6.07, 6.45) is 3.35. The van der Waals surface area contributed by atoms with Crippen molar-refractivity contribution in [3.05, 3.63) is 17.8 Å². The lowest BCUT2D eigenvalue weighted by Gasteiger charge is -2.37. The second-order valence-electron chi connectivity index (χ2n) is 5.82. The van der Waals surface area contributed by atoms with Crippen LogP contribution in [0.25, 0.3) is 0 Å². The minimum atomic E-state index is -0.243. The zero-order valence-corrected chi connectivity index (χ0v) is 13.4. The molecule has 7 heteroatoms. The molecule has 23 heavy (non-hydrogen) atoms. The first kappa shape index (κ1) is 15.7. The Morgan fingerprint density at radius 2 is 2.04 bits per heavy atom. The van der Waals surface area contributed by atoms with Crippen LogP contribution in [0.3, 0.4) is 0 Å². The van der Waals surface area contributed by atoms with E-state index in [2.05, 4.69) is 24.1 Å². The van der Waals surface area contributed by atoms with E-state index in [0.717, 1.165) is 12.8 Å². The molecule has 3 rings (SSSR count). The van der Waals surface area contributed by atoms with E-state index in [1.165, 1.54) is 6.20 Å². The van der Waals surface area contributed by atoms with E-state index in [1.54, 1.807) is 11.0 Å². The molecule has 2 unspecified atom stereocenters. The van der Waals surface area contributed by atoms with Crippen LogP contribution in [0.4, 0.5) is 5.69 Å². The number of morpholine rings is 1. The first-order valence-electron chi connectivity index (χ1n) is 7.98. The molecule has 1 fully saturated rings. The van der Waals surface area contributed by atoms with Gasteiger partial charge in [-0.15, -0.1) is 0 Å². The van der Waals surface area contributed by atoms with Crippen LogP contribution >= 0.6 is 0 Å². The highest BCUT2D eigenvalue weighted by Gasteiger charge is 2.30. The number of rotatable bonds is 3. The van der Waals surface area contributed by atoms with Crippen molar-refractivity contribution in [1.82, 2.24) is 9.88 Å². The summed E-state index contributed by atoms with van der Waals surface area (Å²) in [7, 11) is 0. The van der Waals surface area contributed by atoms with Gasteiger partial charge in [0.25, 0.3) is 11.8 Å². The van der Waals surface area contributed by atoms with Crippen LogP contribution in [0.5, 0.6) is 5.88 Å². The molecule has 1 saturated heterocycles. The molecule has 2 aliphatic rings. The number of aromatic nitrogens is 1. The molecule has 0 aliphatic carbocycles. The summed E-state index contributed by atoms with van der Waals surface area (Å²) in [6, 6.07) is 1.62. The predicted octanol–water partition coefficient (Wildman–Crippen LogP) is 1.44. The van der Waals surface area contributed by atoms with Crippen molar-refractivity contribution in [1.29, 1.82) is 0 Å². The number of ether oxygens (including phenoxy) is 2. The van der Waals surface area contributed by atoms with Gasteiger partial charge in [-0.25, -0.2) is 4.98 Å². The zero-order chi connectivity index (χ0) is 16.4. The van der Waals surface area contributed by atoms with E-state index in [0.29, 0.717) is 30.2 Å². The van der Waals surface area contributed by atoms with Crippen LogP contribution in [-0.4, -0.2) is 53.6 Å². The van der Waals surface area contributed by atoms with Crippen molar-refractivity contribution >= 4 is 17.5 Å². The number of fused-ring (bicyclic) bond motifs is 1. The molecular weight excluding hydrogens is 298 g/mol. The number of amides is 2. The lowest BCUT2D eigenvalue weighted by atomic mass is 10.1. The highest BCUT2D eigenvalue weighted by Crippen LogP contribution is 2.27. The van der Waals surface area contributed by atoms with Crippen LogP contribution in [0.1, 0.15) is 37.0 Å². The van der Waals surface area contributed by atoms with Gasteiger partial charge in [0.05, 0.1) is 17.8 Å². The van der Waals surface area contributed by atoms with E-state index in [9.17, 15) is 9.59 Å². The van der Waals surface area contributed by atoms with Gasteiger partial charge in [-0.1, -0.05) is 13.8 Å². The Bertz CT molecular complexity index is 607. The van der Waals surface area contributed by atoms with Crippen molar-refractivity contribution in [3.8, 4) is 5.88 Å². The third-order valence-corrected chi connectivity index (χ3v) is 4.14. The van der Waals surface area contributed by atoms with Crippen molar-refractivity contribution < 1.29 is 19.1 Å². The molecule has 0 aromatic carbocycles. The summed E-state index contributed by atoms with van der Waals surface area (Å²) in [6.45, 7) is 5.21. The molecule has 0 saturated carbocycles. The van der Waals surface area contributed by atoms with E-state index >= 15 is 0 Å². The Morgan fingerprint density at radius 3 is 2.70 bits per heavy atom. The third kappa shape index (κ3) is 3.29. The summed E-state index contributed by atoms with van der Waals surface area (Å²) >= 11 is 0. The average Bonchev–Trinajstić information content (AvgIpc) is 2.59. The van der Waals surface area contributed by atoms with Gasteiger partial charge < -0.3 is 19.7 Å². The monoisotopic (exact) mass is 319 g/mol. The highest BCUT2D eigenvalue weighted by atomic mass is 16.5. The summed E-state index contributed by atoms with van der Waals surface area (Å²) < 4.78 is 11.1. The van der Waals surface area contributed by atoms with Crippen LogP contribution in [-0.2, 0) is 9.53 Å². The fraction of sp³-hybridized carbons (Fsp3) is 0.562. The SMILES string of the molecule is CCC1CN(C(=O)c2cnc3c(c2)NC(=O)CO3)CC(CC)O1. The van der Waals surface area contributed by atoms with E-state index in [-0.39, 0.29) is 30.6 Å². The maximum Gasteiger partial charge on any atom is 0.262 e. The molecule has 1 aromatic rings. The number of hydrogen-bond acceptors (Lipinski definition) is 5. The summed E-state index contributed by atoms with van der Waals surface area (Å²) in [5, 5.41) is 2.68. The Hall–Kier alpha value is -2.15. The topological polar surface area (TPSA) is 80.8 Å². The second kappa shape index (κ2) is 6.54. The smallest absolute Gasteiger partial charge is 0.262 e. The van der Waals surface area contributed by atoms with Gasteiger partial charge in [0.15, 0.2) is 6.61 Å². The van der Waals surface area contributed by atoms with Gasteiger partial charge in [-0.05, 0) is 18.9 Å². The van der Waals surface area contributed by atoms with Gasteiger partial charge in [0.1, 0.15) is 5.69 Å². The number of anilines is 1. The number of carbonyl (C=O) groups excluding carboxylic acids is 2. The number of nitrogens with zero attached hydrogens (tertiary/aromatic N) is 2. The van der Waals surface area contributed by atoms with Crippen molar-refractivity contribution in [2.24, 2.45) is 0 Å². The molecular formula is C16H21N3O4. The van der Waals surface area contributed by atoms with Gasteiger partial charge in [0.2, 0.25) is 5.88 Å². The normalized spacial score (nSPS) is 23.7. The second-order valence-corrected chi connectivity index (χ2v) is 5.82. The first-order chi connectivity index (χ1) is 11.1. The quantitative estimate of drug-likeness (QED) is 0.912. The summed E-state index contributed by atoms with van der Waals surface area (Å²) in [5.41, 5.74) is 0.889. The molecule has 0 radical (unpaired) electrons. The fourth-order valence-corrected chi connectivity index (χ4v) is 2.82. The fourth-order valence-electron chi connectivity index (χ4n) is 2.82. The van der Waals surface area contributed by atoms with Gasteiger partial charge >= 0.3 is 0 Å².